The number of carbonyl (C=O) groups is 1. The molecular weight excluding hydrogens is 338 g/mol. The van der Waals surface area contributed by atoms with E-state index in [1.165, 1.54) is 5.56 Å². The van der Waals surface area contributed by atoms with Crippen molar-refractivity contribution in [1.29, 1.82) is 0 Å². The van der Waals surface area contributed by atoms with Crippen LogP contribution in [0, 0.1) is 0 Å². The average Bonchev–Trinajstić information content (AvgIpc) is 2.71. The molecule has 0 heterocycles. The minimum Gasteiger partial charge on any atom is -0.497 e. The third kappa shape index (κ3) is 5.00. The van der Waals surface area contributed by atoms with Crippen LogP contribution in [-0.4, -0.2) is 25.7 Å². The second-order valence-corrected chi connectivity index (χ2v) is 6.48. The summed E-state index contributed by atoms with van der Waals surface area (Å²) in [6.45, 7) is 2.40. The average molecular weight is 363 g/mol. The van der Waals surface area contributed by atoms with Crippen LogP contribution >= 0.6 is 0 Å². The smallest absolute Gasteiger partial charge is 0.260 e. The predicted octanol–water partition coefficient (Wildman–Crippen LogP) is 4.36. The summed E-state index contributed by atoms with van der Waals surface area (Å²) in [7, 11) is 1.66. The van der Waals surface area contributed by atoms with Gasteiger partial charge in [-0.15, -0.1) is 0 Å². The maximum absolute atomic E-state index is 12.3. The number of fused-ring (bicyclic) bond motifs is 1. The van der Waals surface area contributed by atoms with Gasteiger partial charge in [0.2, 0.25) is 0 Å². The summed E-state index contributed by atoms with van der Waals surface area (Å²) in [5.74, 6) is 1.48. The molecule has 1 atom stereocenters. The Balaban J connectivity index is 1.47. The molecule has 140 valence electrons. The molecule has 4 nitrogen and oxygen atoms in total. The molecule has 3 aromatic carbocycles. The van der Waals surface area contributed by atoms with Gasteiger partial charge in [-0.25, -0.2) is 0 Å². The zero-order valence-corrected chi connectivity index (χ0v) is 15.8. The van der Waals surface area contributed by atoms with Crippen molar-refractivity contribution in [3.63, 3.8) is 0 Å². The molecule has 0 saturated heterocycles. The molecule has 0 aliphatic rings. The summed E-state index contributed by atoms with van der Waals surface area (Å²) in [5.41, 5.74) is 1.23. The Hall–Kier alpha value is -3.01. The van der Waals surface area contributed by atoms with Crippen molar-refractivity contribution in [3.05, 3.63) is 72.3 Å². The van der Waals surface area contributed by atoms with Crippen molar-refractivity contribution in [2.45, 2.75) is 25.9 Å². The molecule has 0 aliphatic carbocycles. The van der Waals surface area contributed by atoms with Gasteiger partial charge >= 0.3 is 0 Å². The molecule has 0 aliphatic heterocycles. The van der Waals surface area contributed by atoms with Crippen LogP contribution in [-0.2, 0) is 11.2 Å². The normalized spacial score (nSPS) is 11.8. The van der Waals surface area contributed by atoms with Crippen LogP contribution in [0.25, 0.3) is 10.8 Å². The SMILES string of the molecule is COc1ccc(CCCNC(=O)[C@@H](C)Oc2cccc3ccccc23)cc1. The summed E-state index contributed by atoms with van der Waals surface area (Å²) < 4.78 is 11.1. The lowest BCUT2D eigenvalue weighted by atomic mass is 10.1. The van der Waals surface area contributed by atoms with E-state index in [1.807, 2.05) is 66.7 Å². The maximum atomic E-state index is 12.3. The zero-order valence-electron chi connectivity index (χ0n) is 15.8. The summed E-state index contributed by atoms with van der Waals surface area (Å²) >= 11 is 0. The van der Waals surface area contributed by atoms with E-state index in [1.54, 1.807) is 14.0 Å². The molecule has 0 fully saturated rings. The second kappa shape index (κ2) is 9.08. The summed E-state index contributed by atoms with van der Waals surface area (Å²) in [6.07, 6.45) is 1.24. The zero-order chi connectivity index (χ0) is 19.1. The van der Waals surface area contributed by atoms with E-state index in [9.17, 15) is 4.79 Å². The number of carbonyl (C=O) groups excluding carboxylic acids is 1. The molecule has 0 aromatic heterocycles. The lowest BCUT2D eigenvalue weighted by Gasteiger charge is -2.16. The third-order valence-corrected chi connectivity index (χ3v) is 4.52. The van der Waals surface area contributed by atoms with Crippen LogP contribution in [0.5, 0.6) is 11.5 Å². The molecule has 1 amide bonds. The maximum Gasteiger partial charge on any atom is 0.260 e. The molecule has 27 heavy (non-hydrogen) atoms. The standard InChI is InChI=1S/C23H25NO3/c1-17(27-22-11-5-9-19-8-3-4-10-21(19)22)23(25)24-16-6-7-18-12-14-20(26-2)15-13-18/h3-5,8-15,17H,6-7,16H2,1-2H3,(H,24,25)/t17-/m1/s1. The predicted molar refractivity (Wildman–Crippen MR) is 108 cm³/mol. The number of amides is 1. The molecule has 1 N–H and O–H groups in total. The molecule has 0 unspecified atom stereocenters. The van der Waals surface area contributed by atoms with Crippen molar-refractivity contribution in [2.75, 3.05) is 13.7 Å². The first-order valence-corrected chi connectivity index (χ1v) is 9.22. The summed E-state index contributed by atoms with van der Waals surface area (Å²) in [5, 5.41) is 5.07. The van der Waals surface area contributed by atoms with E-state index in [-0.39, 0.29) is 5.91 Å². The summed E-state index contributed by atoms with van der Waals surface area (Å²) in [4.78, 5) is 12.3. The highest BCUT2D eigenvalue weighted by Crippen LogP contribution is 2.26. The van der Waals surface area contributed by atoms with Crippen LogP contribution in [0.1, 0.15) is 18.9 Å². The van der Waals surface area contributed by atoms with E-state index in [4.69, 9.17) is 9.47 Å². The van der Waals surface area contributed by atoms with Gasteiger partial charge in [0.15, 0.2) is 6.10 Å². The molecule has 3 rings (SSSR count). The van der Waals surface area contributed by atoms with Crippen molar-refractivity contribution in [2.24, 2.45) is 0 Å². The van der Waals surface area contributed by atoms with E-state index in [2.05, 4.69) is 5.32 Å². The molecular formula is C23H25NO3. The number of aryl methyl sites for hydroxylation is 1. The van der Waals surface area contributed by atoms with Gasteiger partial charge in [-0.1, -0.05) is 48.5 Å². The van der Waals surface area contributed by atoms with Crippen molar-refractivity contribution in [3.8, 4) is 11.5 Å². The van der Waals surface area contributed by atoms with Gasteiger partial charge in [0.1, 0.15) is 11.5 Å². The van der Waals surface area contributed by atoms with Gasteiger partial charge in [-0.3, -0.25) is 4.79 Å². The van der Waals surface area contributed by atoms with E-state index in [0.29, 0.717) is 6.54 Å². The number of hydrogen-bond donors (Lipinski definition) is 1. The van der Waals surface area contributed by atoms with Gasteiger partial charge in [0.05, 0.1) is 7.11 Å². The molecule has 4 heteroatoms. The number of hydrogen-bond acceptors (Lipinski definition) is 3. The van der Waals surface area contributed by atoms with Gasteiger partial charge in [0, 0.05) is 11.9 Å². The minimum absolute atomic E-state index is 0.0994. The number of nitrogens with one attached hydrogen (secondary N) is 1. The van der Waals surface area contributed by atoms with Crippen LogP contribution in [0.15, 0.2) is 66.7 Å². The Kier molecular flexibility index (Phi) is 6.31. The Morgan fingerprint density at radius 1 is 1.00 bits per heavy atom. The van der Waals surface area contributed by atoms with Gasteiger partial charge in [-0.2, -0.15) is 0 Å². The second-order valence-electron chi connectivity index (χ2n) is 6.48. The van der Waals surface area contributed by atoms with E-state index < -0.39 is 6.10 Å². The van der Waals surface area contributed by atoms with Gasteiger partial charge in [-0.05, 0) is 48.9 Å². The first-order valence-electron chi connectivity index (χ1n) is 9.22. The van der Waals surface area contributed by atoms with Crippen LogP contribution in [0.2, 0.25) is 0 Å². The minimum atomic E-state index is -0.545. The monoisotopic (exact) mass is 363 g/mol. The first-order chi connectivity index (χ1) is 13.2. The fourth-order valence-corrected chi connectivity index (χ4v) is 2.98. The van der Waals surface area contributed by atoms with Gasteiger partial charge < -0.3 is 14.8 Å². The van der Waals surface area contributed by atoms with Gasteiger partial charge in [0.25, 0.3) is 5.91 Å². The molecule has 0 spiro atoms. The lowest BCUT2D eigenvalue weighted by Crippen LogP contribution is -2.37. The Morgan fingerprint density at radius 3 is 2.52 bits per heavy atom. The third-order valence-electron chi connectivity index (χ3n) is 4.52. The van der Waals surface area contributed by atoms with E-state index >= 15 is 0 Å². The Bertz CT molecular complexity index is 884. The number of rotatable bonds is 8. The molecule has 0 bridgehead atoms. The van der Waals surface area contributed by atoms with Crippen LogP contribution < -0.4 is 14.8 Å². The topological polar surface area (TPSA) is 47.6 Å². The number of ether oxygens (including phenoxy) is 2. The number of methoxy groups -OCH3 is 1. The Morgan fingerprint density at radius 2 is 1.74 bits per heavy atom. The molecule has 0 saturated carbocycles. The van der Waals surface area contributed by atoms with E-state index in [0.717, 1.165) is 35.1 Å². The summed E-state index contributed by atoms with van der Waals surface area (Å²) in [6, 6.07) is 21.9. The highest BCUT2D eigenvalue weighted by molar-refractivity contribution is 5.89. The first kappa shape index (κ1) is 18.8. The molecule has 0 radical (unpaired) electrons. The van der Waals surface area contributed by atoms with Crippen molar-refractivity contribution < 1.29 is 14.3 Å². The fourth-order valence-electron chi connectivity index (χ4n) is 2.98. The quantitative estimate of drug-likeness (QED) is 0.605. The Labute approximate surface area is 160 Å². The van der Waals surface area contributed by atoms with Crippen molar-refractivity contribution in [1.82, 2.24) is 5.32 Å². The fraction of sp³-hybridized carbons (Fsp3) is 0.261. The molecule has 3 aromatic rings. The van der Waals surface area contributed by atoms with Crippen LogP contribution in [0.4, 0.5) is 0 Å². The largest absolute Gasteiger partial charge is 0.497 e. The van der Waals surface area contributed by atoms with Crippen molar-refractivity contribution >= 4 is 16.7 Å². The van der Waals surface area contributed by atoms with Crippen LogP contribution in [0.3, 0.4) is 0 Å². The number of benzene rings is 3. The lowest BCUT2D eigenvalue weighted by molar-refractivity contribution is -0.127. The highest BCUT2D eigenvalue weighted by atomic mass is 16.5. The highest BCUT2D eigenvalue weighted by Gasteiger charge is 2.15.